The van der Waals surface area contributed by atoms with Gasteiger partial charge in [0, 0.05) is 18.1 Å². The van der Waals surface area contributed by atoms with Crippen molar-refractivity contribution in [3.05, 3.63) is 35.9 Å². The van der Waals surface area contributed by atoms with Crippen molar-refractivity contribution in [1.82, 2.24) is 5.32 Å². The van der Waals surface area contributed by atoms with Gasteiger partial charge in [-0.25, -0.2) is 0 Å². The highest BCUT2D eigenvalue weighted by Gasteiger charge is 2.57. The Morgan fingerprint density at radius 2 is 1.87 bits per heavy atom. The third-order valence-electron chi connectivity index (χ3n) is 4.72. The molecule has 0 aliphatic heterocycles. The number of ketones is 1. The zero-order chi connectivity index (χ0) is 17.2. The lowest BCUT2D eigenvalue weighted by Gasteiger charge is -2.33. The number of hydrogen-bond acceptors (Lipinski definition) is 4. The molecule has 0 spiro atoms. The summed E-state index contributed by atoms with van der Waals surface area (Å²) in [6.45, 7) is 8.81. The third kappa shape index (κ3) is 4.40. The number of aliphatic hydroxyl groups excluding tert-OH is 1. The van der Waals surface area contributed by atoms with Crippen molar-refractivity contribution < 1.29 is 9.90 Å². The Bertz CT molecular complexity index is 527. The summed E-state index contributed by atoms with van der Waals surface area (Å²) in [6.07, 6.45) is 0.222. The maximum absolute atomic E-state index is 12.2. The summed E-state index contributed by atoms with van der Waals surface area (Å²) in [5.41, 5.74) is 6.56. The quantitative estimate of drug-likeness (QED) is 0.686. The van der Waals surface area contributed by atoms with Crippen molar-refractivity contribution in [1.29, 1.82) is 0 Å². The minimum Gasteiger partial charge on any atom is -0.390 e. The van der Waals surface area contributed by atoms with E-state index in [0.29, 0.717) is 12.5 Å². The average molecular weight is 318 g/mol. The number of aliphatic hydroxyl groups is 1. The Hall–Kier alpha value is -1.23. The van der Waals surface area contributed by atoms with Gasteiger partial charge in [0.1, 0.15) is 5.78 Å². The molecule has 1 aromatic rings. The Balaban J connectivity index is 1.94. The van der Waals surface area contributed by atoms with Crippen LogP contribution < -0.4 is 11.1 Å². The van der Waals surface area contributed by atoms with Gasteiger partial charge in [0.25, 0.3) is 0 Å². The van der Waals surface area contributed by atoms with Crippen LogP contribution in [0.2, 0.25) is 0 Å². The summed E-state index contributed by atoms with van der Waals surface area (Å²) in [5, 5.41) is 14.0. The van der Waals surface area contributed by atoms with E-state index in [2.05, 4.69) is 19.2 Å². The molecule has 0 heterocycles. The molecule has 23 heavy (non-hydrogen) atoms. The molecule has 0 amide bonds. The Morgan fingerprint density at radius 1 is 1.26 bits per heavy atom. The highest BCUT2D eigenvalue weighted by molar-refractivity contribution is 6.05. The molecule has 4 atom stereocenters. The highest BCUT2D eigenvalue weighted by atomic mass is 16.3. The number of nitrogens with two attached hydrogens (primary N) is 1. The number of rotatable bonds is 8. The van der Waals surface area contributed by atoms with Crippen LogP contribution in [-0.4, -0.2) is 35.1 Å². The van der Waals surface area contributed by atoms with Gasteiger partial charge in [-0.1, -0.05) is 44.2 Å². The fourth-order valence-corrected chi connectivity index (χ4v) is 3.27. The van der Waals surface area contributed by atoms with Crippen molar-refractivity contribution in [2.45, 2.75) is 57.7 Å². The number of carbonyl (C=O) groups excluding carboxylic acids is 1. The molecule has 0 bridgehead atoms. The molecule has 1 aromatic carbocycles. The van der Waals surface area contributed by atoms with Crippen LogP contribution in [0.15, 0.2) is 30.3 Å². The molecule has 1 aliphatic rings. The smallest absolute Gasteiger partial charge is 0.147 e. The maximum atomic E-state index is 12.2. The predicted octanol–water partition coefficient (Wildman–Crippen LogP) is 2.07. The predicted molar refractivity (Wildman–Crippen MR) is 93.2 cm³/mol. The third-order valence-corrected chi connectivity index (χ3v) is 4.72. The monoisotopic (exact) mass is 318 g/mol. The largest absolute Gasteiger partial charge is 0.390 e. The first-order chi connectivity index (χ1) is 10.7. The van der Waals surface area contributed by atoms with Crippen LogP contribution in [0, 0.1) is 11.8 Å². The number of carbonyl (C=O) groups is 1. The van der Waals surface area contributed by atoms with Crippen LogP contribution in [0.5, 0.6) is 0 Å². The molecule has 0 aromatic heterocycles. The first kappa shape index (κ1) is 18.1. The Kier molecular flexibility index (Phi) is 5.61. The molecule has 2 unspecified atom stereocenters. The molecule has 4 N–H and O–H groups in total. The van der Waals surface area contributed by atoms with Gasteiger partial charge >= 0.3 is 0 Å². The van der Waals surface area contributed by atoms with E-state index in [-0.39, 0.29) is 23.7 Å². The van der Waals surface area contributed by atoms with Crippen molar-refractivity contribution in [2.75, 3.05) is 6.54 Å². The van der Waals surface area contributed by atoms with Crippen molar-refractivity contribution in [2.24, 2.45) is 17.6 Å². The van der Waals surface area contributed by atoms with Crippen molar-refractivity contribution >= 4 is 5.78 Å². The van der Waals surface area contributed by atoms with Crippen LogP contribution in [0.25, 0.3) is 0 Å². The van der Waals surface area contributed by atoms with Crippen LogP contribution in [0.1, 0.15) is 45.6 Å². The van der Waals surface area contributed by atoms with E-state index in [1.807, 2.05) is 44.2 Å². The minimum absolute atomic E-state index is 0.0568. The van der Waals surface area contributed by atoms with Gasteiger partial charge in [0.15, 0.2) is 0 Å². The SMILES string of the molecule is CC(C)C[C@@H](N)CNC(C)(C)[C@H](O)C1C(=O)C1c1ccccc1. The second kappa shape index (κ2) is 7.12. The fourth-order valence-electron chi connectivity index (χ4n) is 3.27. The Morgan fingerprint density at radius 3 is 2.43 bits per heavy atom. The lowest BCUT2D eigenvalue weighted by molar-refractivity contribution is -0.113. The maximum Gasteiger partial charge on any atom is 0.147 e. The molecular weight excluding hydrogens is 288 g/mol. The lowest BCUT2D eigenvalue weighted by atomic mass is 9.91. The van der Waals surface area contributed by atoms with Gasteiger partial charge in [0.2, 0.25) is 0 Å². The van der Waals surface area contributed by atoms with E-state index in [4.69, 9.17) is 5.73 Å². The molecular formula is C19H30N2O2. The Labute approximate surface area is 139 Å². The van der Waals surface area contributed by atoms with Gasteiger partial charge in [-0.15, -0.1) is 0 Å². The molecule has 4 nitrogen and oxygen atoms in total. The molecule has 2 rings (SSSR count). The average Bonchev–Trinajstić information content (AvgIpc) is 3.16. The zero-order valence-corrected chi connectivity index (χ0v) is 14.6. The summed E-state index contributed by atoms with van der Waals surface area (Å²) in [4.78, 5) is 12.2. The topological polar surface area (TPSA) is 75.3 Å². The second-order valence-corrected chi connectivity index (χ2v) is 7.75. The summed E-state index contributed by atoms with van der Waals surface area (Å²) >= 11 is 0. The van der Waals surface area contributed by atoms with Crippen LogP contribution in [0.4, 0.5) is 0 Å². The number of hydrogen-bond donors (Lipinski definition) is 3. The first-order valence-electron chi connectivity index (χ1n) is 8.51. The first-order valence-corrected chi connectivity index (χ1v) is 8.51. The van der Waals surface area contributed by atoms with E-state index in [1.165, 1.54) is 0 Å². The van der Waals surface area contributed by atoms with Crippen molar-refractivity contribution in [3.8, 4) is 0 Å². The standard InChI is InChI=1S/C19H30N2O2/c1-12(2)10-14(20)11-21-19(3,4)18(23)16-15(17(16)22)13-8-6-5-7-9-13/h5-9,12,14-16,18,21,23H,10-11,20H2,1-4H3/t14-,15?,16?,18-/m1/s1. The summed E-state index contributed by atoms with van der Waals surface area (Å²) < 4.78 is 0. The summed E-state index contributed by atoms with van der Waals surface area (Å²) in [7, 11) is 0. The van der Waals surface area contributed by atoms with E-state index < -0.39 is 11.6 Å². The van der Waals surface area contributed by atoms with Gasteiger partial charge in [-0.05, 0) is 31.7 Å². The summed E-state index contributed by atoms with van der Waals surface area (Å²) in [5.74, 6) is 0.190. The molecule has 0 saturated heterocycles. The lowest BCUT2D eigenvalue weighted by Crippen LogP contribution is -2.54. The van der Waals surface area contributed by atoms with E-state index >= 15 is 0 Å². The van der Waals surface area contributed by atoms with E-state index in [9.17, 15) is 9.90 Å². The van der Waals surface area contributed by atoms with Gasteiger partial charge in [0.05, 0.1) is 17.9 Å². The van der Waals surface area contributed by atoms with Crippen LogP contribution in [0.3, 0.4) is 0 Å². The number of nitrogens with one attached hydrogen (secondary N) is 1. The molecule has 1 saturated carbocycles. The van der Waals surface area contributed by atoms with E-state index in [1.54, 1.807) is 0 Å². The van der Waals surface area contributed by atoms with Crippen molar-refractivity contribution in [3.63, 3.8) is 0 Å². The minimum atomic E-state index is -0.716. The van der Waals surface area contributed by atoms with Crippen LogP contribution >= 0.6 is 0 Å². The van der Waals surface area contributed by atoms with Crippen LogP contribution in [-0.2, 0) is 4.79 Å². The molecule has 128 valence electrons. The van der Waals surface area contributed by atoms with Gasteiger partial charge in [-0.3, -0.25) is 4.79 Å². The number of benzene rings is 1. The van der Waals surface area contributed by atoms with E-state index in [0.717, 1.165) is 12.0 Å². The van der Waals surface area contributed by atoms with Gasteiger partial charge < -0.3 is 16.2 Å². The highest BCUT2D eigenvalue weighted by Crippen LogP contribution is 2.47. The molecule has 1 aliphatic carbocycles. The number of Topliss-reactive ketones (excluding diaryl/α,β-unsaturated/α-hetero) is 1. The normalized spacial score (nSPS) is 23.9. The zero-order valence-electron chi connectivity index (χ0n) is 14.6. The second-order valence-electron chi connectivity index (χ2n) is 7.75. The molecule has 1 fully saturated rings. The molecule has 0 radical (unpaired) electrons. The molecule has 4 heteroatoms. The van der Waals surface area contributed by atoms with Gasteiger partial charge in [-0.2, -0.15) is 0 Å². The summed E-state index contributed by atoms with van der Waals surface area (Å²) in [6, 6.07) is 9.75. The fraction of sp³-hybridized carbons (Fsp3) is 0.632.